The van der Waals surface area contributed by atoms with Crippen LogP contribution in [0.15, 0.2) is 53.1 Å². The van der Waals surface area contributed by atoms with Crippen molar-refractivity contribution in [3.63, 3.8) is 0 Å². The molecule has 7 nitrogen and oxygen atoms in total. The number of hydrogen-bond acceptors (Lipinski definition) is 4. The van der Waals surface area contributed by atoms with E-state index in [0.717, 1.165) is 25.3 Å². The van der Waals surface area contributed by atoms with E-state index in [1.54, 1.807) is 17.0 Å². The fourth-order valence-corrected chi connectivity index (χ4v) is 2.75. The van der Waals surface area contributed by atoms with Crippen LogP contribution in [0.25, 0.3) is 0 Å². The highest BCUT2D eigenvalue weighted by molar-refractivity contribution is 5.91. The predicted molar refractivity (Wildman–Crippen MR) is 94.5 cm³/mol. The summed E-state index contributed by atoms with van der Waals surface area (Å²) in [5.41, 5.74) is 0.769. The molecular weight excluding hydrogens is 320 g/mol. The Kier molecular flexibility index (Phi) is 5.69. The van der Waals surface area contributed by atoms with Crippen molar-refractivity contribution >= 4 is 17.6 Å². The van der Waals surface area contributed by atoms with Gasteiger partial charge in [0.2, 0.25) is 0 Å². The van der Waals surface area contributed by atoms with E-state index in [1.165, 1.54) is 6.26 Å². The number of benzene rings is 1. The second-order valence-electron chi connectivity index (χ2n) is 5.86. The number of carbonyl (C=O) groups is 2. The molecular formula is C18H22N4O3. The van der Waals surface area contributed by atoms with Gasteiger partial charge in [0.25, 0.3) is 5.91 Å². The number of nitrogens with zero attached hydrogens (tertiary/aromatic N) is 2. The van der Waals surface area contributed by atoms with Crippen LogP contribution in [0.5, 0.6) is 0 Å². The molecule has 2 N–H and O–H groups in total. The Bertz CT molecular complexity index is 680. The molecule has 0 spiro atoms. The molecule has 1 saturated heterocycles. The third kappa shape index (κ3) is 4.84. The van der Waals surface area contributed by atoms with Crippen LogP contribution >= 0.6 is 0 Å². The predicted octanol–water partition coefficient (Wildman–Crippen LogP) is 1.86. The largest absolute Gasteiger partial charge is 0.459 e. The summed E-state index contributed by atoms with van der Waals surface area (Å²) >= 11 is 0. The first kappa shape index (κ1) is 17.0. The minimum atomic E-state index is -0.210. The maximum absolute atomic E-state index is 12.2. The summed E-state index contributed by atoms with van der Waals surface area (Å²) in [6.45, 7) is 4.21. The zero-order valence-electron chi connectivity index (χ0n) is 14.0. The number of rotatable bonds is 5. The second-order valence-corrected chi connectivity index (χ2v) is 5.86. The number of urea groups is 1. The molecule has 1 aromatic carbocycles. The van der Waals surface area contributed by atoms with Crippen molar-refractivity contribution in [3.8, 4) is 0 Å². The molecule has 0 unspecified atom stereocenters. The zero-order chi connectivity index (χ0) is 17.5. The summed E-state index contributed by atoms with van der Waals surface area (Å²) in [4.78, 5) is 28.0. The molecule has 3 amide bonds. The lowest BCUT2D eigenvalue weighted by molar-refractivity contribution is 0.0608. The molecule has 0 atom stereocenters. The SMILES string of the molecule is O=C(NCCN1CCN(C(=O)c2ccco2)CC1)Nc1ccccc1. The monoisotopic (exact) mass is 342 g/mol. The number of hydrogen-bond donors (Lipinski definition) is 2. The third-order valence-electron chi connectivity index (χ3n) is 4.14. The normalized spacial score (nSPS) is 15.0. The van der Waals surface area contributed by atoms with Crippen LogP contribution in [0, 0.1) is 0 Å². The van der Waals surface area contributed by atoms with E-state index in [2.05, 4.69) is 15.5 Å². The molecule has 7 heteroatoms. The highest BCUT2D eigenvalue weighted by atomic mass is 16.3. The van der Waals surface area contributed by atoms with Crippen LogP contribution < -0.4 is 10.6 Å². The van der Waals surface area contributed by atoms with Crippen LogP contribution in [0.2, 0.25) is 0 Å². The van der Waals surface area contributed by atoms with Gasteiger partial charge in [0.15, 0.2) is 5.76 Å². The molecule has 0 saturated carbocycles. The summed E-state index contributed by atoms with van der Waals surface area (Å²) < 4.78 is 5.16. The average Bonchev–Trinajstić information content (AvgIpc) is 3.17. The minimum absolute atomic E-state index is 0.0648. The summed E-state index contributed by atoms with van der Waals surface area (Å²) in [6, 6.07) is 12.5. The van der Waals surface area contributed by atoms with Gasteiger partial charge < -0.3 is 20.0 Å². The molecule has 0 bridgehead atoms. The van der Waals surface area contributed by atoms with E-state index in [4.69, 9.17) is 4.42 Å². The van der Waals surface area contributed by atoms with Gasteiger partial charge in [-0.15, -0.1) is 0 Å². The standard InChI is InChI=1S/C18H22N4O3/c23-17(16-7-4-14-25-16)22-12-10-21(11-13-22)9-8-19-18(24)20-15-5-2-1-3-6-15/h1-7,14H,8-13H2,(H2,19,20,24). The van der Waals surface area contributed by atoms with E-state index in [1.807, 2.05) is 30.3 Å². The van der Waals surface area contributed by atoms with Crippen molar-refractivity contribution in [2.45, 2.75) is 0 Å². The number of anilines is 1. The van der Waals surface area contributed by atoms with Crippen LogP contribution in [-0.4, -0.2) is 61.0 Å². The van der Waals surface area contributed by atoms with E-state index in [0.29, 0.717) is 25.4 Å². The Balaban J connectivity index is 1.34. The first-order chi connectivity index (χ1) is 12.2. The fraction of sp³-hybridized carbons (Fsp3) is 0.333. The van der Waals surface area contributed by atoms with Gasteiger partial charge in [-0.2, -0.15) is 0 Å². The number of furan rings is 1. The summed E-state index contributed by atoms with van der Waals surface area (Å²) in [5, 5.41) is 5.63. The quantitative estimate of drug-likeness (QED) is 0.869. The van der Waals surface area contributed by atoms with Gasteiger partial charge in [0.1, 0.15) is 0 Å². The number of amides is 3. The first-order valence-electron chi connectivity index (χ1n) is 8.37. The zero-order valence-corrected chi connectivity index (χ0v) is 14.0. The molecule has 3 rings (SSSR count). The third-order valence-corrected chi connectivity index (χ3v) is 4.14. The molecule has 0 radical (unpaired) electrons. The molecule has 2 heterocycles. The van der Waals surface area contributed by atoms with Crippen LogP contribution in [0.1, 0.15) is 10.6 Å². The lowest BCUT2D eigenvalue weighted by Crippen LogP contribution is -2.50. The number of piperazine rings is 1. The van der Waals surface area contributed by atoms with Crippen molar-refractivity contribution in [2.75, 3.05) is 44.6 Å². The van der Waals surface area contributed by atoms with Gasteiger partial charge in [-0.25, -0.2) is 4.79 Å². The van der Waals surface area contributed by atoms with Gasteiger partial charge in [-0.1, -0.05) is 18.2 Å². The Labute approximate surface area is 146 Å². The molecule has 25 heavy (non-hydrogen) atoms. The van der Waals surface area contributed by atoms with E-state index in [-0.39, 0.29) is 11.9 Å². The number of carbonyl (C=O) groups excluding carboxylic acids is 2. The molecule has 1 aliphatic heterocycles. The number of nitrogens with one attached hydrogen (secondary N) is 2. The highest BCUT2D eigenvalue weighted by Crippen LogP contribution is 2.09. The maximum atomic E-state index is 12.2. The Morgan fingerprint density at radius 3 is 2.44 bits per heavy atom. The van der Waals surface area contributed by atoms with Crippen LogP contribution in [0.4, 0.5) is 10.5 Å². The smallest absolute Gasteiger partial charge is 0.319 e. The molecule has 0 aliphatic carbocycles. The first-order valence-corrected chi connectivity index (χ1v) is 8.37. The Morgan fingerprint density at radius 2 is 1.76 bits per heavy atom. The van der Waals surface area contributed by atoms with Crippen molar-refractivity contribution in [3.05, 3.63) is 54.5 Å². The van der Waals surface area contributed by atoms with E-state index in [9.17, 15) is 9.59 Å². The van der Waals surface area contributed by atoms with Gasteiger partial charge >= 0.3 is 6.03 Å². The Morgan fingerprint density at radius 1 is 1.00 bits per heavy atom. The van der Waals surface area contributed by atoms with Crippen molar-refractivity contribution in [1.82, 2.24) is 15.1 Å². The molecule has 2 aromatic rings. The second kappa shape index (κ2) is 8.34. The lowest BCUT2D eigenvalue weighted by Gasteiger charge is -2.34. The molecule has 1 fully saturated rings. The van der Waals surface area contributed by atoms with Gasteiger partial charge in [-0.05, 0) is 24.3 Å². The van der Waals surface area contributed by atoms with Gasteiger partial charge in [-0.3, -0.25) is 9.69 Å². The topological polar surface area (TPSA) is 77.8 Å². The van der Waals surface area contributed by atoms with Crippen LogP contribution in [-0.2, 0) is 0 Å². The summed E-state index contributed by atoms with van der Waals surface area (Å²) in [6.07, 6.45) is 1.51. The van der Waals surface area contributed by atoms with Crippen molar-refractivity contribution < 1.29 is 14.0 Å². The number of para-hydroxylation sites is 1. The molecule has 1 aromatic heterocycles. The lowest BCUT2D eigenvalue weighted by atomic mass is 10.3. The molecule has 1 aliphatic rings. The average molecular weight is 342 g/mol. The van der Waals surface area contributed by atoms with Crippen LogP contribution in [0.3, 0.4) is 0 Å². The van der Waals surface area contributed by atoms with E-state index >= 15 is 0 Å². The van der Waals surface area contributed by atoms with Crippen molar-refractivity contribution in [1.29, 1.82) is 0 Å². The van der Waals surface area contributed by atoms with Gasteiger partial charge in [0.05, 0.1) is 6.26 Å². The maximum Gasteiger partial charge on any atom is 0.319 e. The fourth-order valence-electron chi connectivity index (χ4n) is 2.75. The minimum Gasteiger partial charge on any atom is -0.459 e. The van der Waals surface area contributed by atoms with Crippen molar-refractivity contribution in [2.24, 2.45) is 0 Å². The van der Waals surface area contributed by atoms with Gasteiger partial charge in [0, 0.05) is 45.0 Å². The summed E-state index contributed by atoms with van der Waals surface area (Å²) in [5.74, 6) is 0.317. The summed E-state index contributed by atoms with van der Waals surface area (Å²) in [7, 11) is 0. The van der Waals surface area contributed by atoms with E-state index < -0.39 is 0 Å². The molecule has 132 valence electrons. The Hall–Kier alpha value is -2.80. The highest BCUT2D eigenvalue weighted by Gasteiger charge is 2.23.